The molecule has 0 fully saturated rings. The molecule has 0 aliphatic rings. The molecule has 0 bridgehead atoms. The third-order valence-corrected chi connectivity index (χ3v) is 4.91. The molecule has 0 unspecified atom stereocenters. The van der Waals surface area contributed by atoms with Crippen molar-refractivity contribution in [2.45, 2.75) is 39.5 Å². The number of carbonyl (C=O) groups is 1. The van der Waals surface area contributed by atoms with Crippen molar-refractivity contribution >= 4 is 17.5 Å². The Hall–Kier alpha value is -2.75. The molecule has 0 radical (unpaired) electrons. The number of phenols is 1. The molecule has 0 amide bonds. The van der Waals surface area contributed by atoms with Crippen LogP contribution in [0.4, 0.5) is 5.69 Å². The van der Waals surface area contributed by atoms with Crippen molar-refractivity contribution in [1.29, 1.82) is 0 Å². The Morgan fingerprint density at radius 2 is 1.85 bits per heavy atom. The molecule has 2 aromatic rings. The molecule has 144 valence electrons. The Bertz CT molecular complexity index is 820. The number of aromatic hydroxyl groups is 1. The molecular formula is C23H29NO3. The summed E-state index contributed by atoms with van der Waals surface area (Å²) >= 11 is 0. The van der Waals surface area contributed by atoms with E-state index in [-0.39, 0.29) is 16.9 Å². The zero-order valence-corrected chi connectivity index (χ0v) is 16.8. The zero-order chi connectivity index (χ0) is 20.0. The molecule has 4 heteroatoms. The minimum absolute atomic E-state index is 0.0792. The fourth-order valence-corrected chi connectivity index (χ4v) is 2.79. The van der Waals surface area contributed by atoms with Crippen LogP contribution in [0, 0.1) is 0 Å². The van der Waals surface area contributed by atoms with Gasteiger partial charge in [0.1, 0.15) is 11.5 Å². The first-order valence-electron chi connectivity index (χ1n) is 9.33. The van der Waals surface area contributed by atoms with Gasteiger partial charge in [0, 0.05) is 35.5 Å². The van der Waals surface area contributed by atoms with Gasteiger partial charge in [-0.05, 0) is 61.2 Å². The van der Waals surface area contributed by atoms with Crippen molar-refractivity contribution in [2.75, 3.05) is 19.0 Å². The van der Waals surface area contributed by atoms with E-state index in [0.717, 1.165) is 23.2 Å². The SMILES string of the molecule is CCOc1cc(O)c(C(C)(C)CC)cc1/C=C/C(=O)c1ccc(NC)cc1. The van der Waals surface area contributed by atoms with E-state index in [0.29, 0.717) is 17.9 Å². The first kappa shape index (κ1) is 20.6. The van der Waals surface area contributed by atoms with Gasteiger partial charge in [0.25, 0.3) is 0 Å². The van der Waals surface area contributed by atoms with Crippen molar-refractivity contribution in [3.05, 3.63) is 59.2 Å². The highest BCUT2D eigenvalue weighted by Gasteiger charge is 2.23. The van der Waals surface area contributed by atoms with Gasteiger partial charge < -0.3 is 15.2 Å². The maximum atomic E-state index is 12.5. The Kier molecular flexibility index (Phi) is 6.67. The number of hydrogen-bond donors (Lipinski definition) is 2. The molecule has 0 saturated heterocycles. The number of anilines is 1. The molecule has 0 spiro atoms. The molecular weight excluding hydrogens is 338 g/mol. The number of hydrogen-bond acceptors (Lipinski definition) is 4. The third-order valence-electron chi connectivity index (χ3n) is 4.91. The first-order chi connectivity index (χ1) is 12.8. The largest absolute Gasteiger partial charge is 0.508 e. The van der Waals surface area contributed by atoms with Crippen LogP contribution in [-0.4, -0.2) is 24.5 Å². The Labute approximate surface area is 161 Å². The number of allylic oxidation sites excluding steroid dienone is 1. The Morgan fingerprint density at radius 3 is 2.41 bits per heavy atom. The van der Waals surface area contributed by atoms with Gasteiger partial charge in [-0.1, -0.05) is 20.8 Å². The molecule has 0 saturated carbocycles. The summed E-state index contributed by atoms with van der Waals surface area (Å²) < 4.78 is 5.66. The number of nitrogens with one attached hydrogen (secondary N) is 1. The molecule has 4 nitrogen and oxygen atoms in total. The smallest absolute Gasteiger partial charge is 0.185 e. The van der Waals surface area contributed by atoms with E-state index < -0.39 is 0 Å². The van der Waals surface area contributed by atoms with Gasteiger partial charge in [-0.2, -0.15) is 0 Å². The summed E-state index contributed by atoms with van der Waals surface area (Å²) in [5, 5.41) is 13.5. The molecule has 0 atom stereocenters. The van der Waals surface area contributed by atoms with Crippen molar-refractivity contribution in [2.24, 2.45) is 0 Å². The predicted molar refractivity (Wildman–Crippen MR) is 112 cm³/mol. The van der Waals surface area contributed by atoms with Crippen LogP contribution in [0.25, 0.3) is 6.08 Å². The zero-order valence-electron chi connectivity index (χ0n) is 16.8. The van der Waals surface area contributed by atoms with E-state index in [1.54, 1.807) is 30.4 Å². The molecule has 2 rings (SSSR count). The van der Waals surface area contributed by atoms with Crippen LogP contribution in [0.2, 0.25) is 0 Å². The summed E-state index contributed by atoms with van der Waals surface area (Å²) in [7, 11) is 1.84. The maximum Gasteiger partial charge on any atom is 0.185 e. The first-order valence-corrected chi connectivity index (χ1v) is 9.33. The van der Waals surface area contributed by atoms with Gasteiger partial charge in [-0.25, -0.2) is 0 Å². The quantitative estimate of drug-likeness (QED) is 0.483. The summed E-state index contributed by atoms with van der Waals surface area (Å²) in [6.07, 6.45) is 4.19. The standard InChI is InChI=1S/C23H29NO3/c1-6-23(3,4)19-14-17(22(27-7-2)15-21(19)26)10-13-20(25)16-8-11-18(24-5)12-9-16/h8-15,24,26H,6-7H2,1-5H3/b13-10+. The average Bonchev–Trinajstić information content (AvgIpc) is 2.67. The summed E-state index contributed by atoms with van der Waals surface area (Å²) in [6.45, 7) is 8.64. The second-order valence-corrected chi connectivity index (χ2v) is 7.10. The molecule has 0 heterocycles. The van der Waals surface area contributed by atoms with Crippen molar-refractivity contribution < 1.29 is 14.6 Å². The lowest BCUT2D eigenvalue weighted by atomic mass is 9.81. The monoisotopic (exact) mass is 367 g/mol. The lowest BCUT2D eigenvalue weighted by molar-refractivity contribution is 0.104. The Morgan fingerprint density at radius 1 is 1.19 bits per heavy atom. The average molecular weight is 367 g/mol. The van der Waals surface area contributed by atoms with Gasteiger partial charge in [0.15, 0.2) is 5.78 Å². The highest BCUT2D eigenvalue weighted by molar-refractivity contribution is 6.07. The van der Waals surface area contributed by atoms with Gasteiger partial charge >= 0.3 is 0 Å². The van der Waals surface area contributed by atoms with E-state index in [2.05, 4.69) is 26.1 Å². The highest BCUT2D eigenvalue weighted by Crippen LogP contribution is 2.38. The molecule has 0 aliphatic carbocycles. The number of carbonyl (C=O) groups excluding carboxylic acids is 1. The van der Waals surface area contributed by atoms with Crippen LogP contribution < -0.4 is 10.1 Å². The van der Waals surface area contributed by atoms with E-state index >= 15 is 0 Å². The van der Waals surface area contributed by atoms with Gasteiger partial charge in [0.05, 0.1) is 6.61 Å². The normalized spacial score (nSPS) is 11.6. The van der Waals surface area contributed by atoms with Crippen LogP contribution >= 0.6 is 0 Å². The second kappa shape index (κ2) is 8.76. The summed E-state index contributed by atoms with van der Waals surface area (Å²) in [5.41, 5.74) is 3.03. The molecule has 2 N–H and O–H groups in total. The van der Waals surface area contributed by atoms with E-state index in [4.69, 9.17) is 4.74 Å². The van der Waals surface area contributed by atoms with Crippen molar-refractivity contribution in [3.8, 4) is 11.5 Å². The van der Waals surface area contributed by atoms with Crippen LogP contribution in [0.3, 0.4) is 0 Å². The number of rotatable bonds is 8. The number of benzene rings is 2. The lowest BCUT2D eigenvalue weighted by Crippen LogP contribution is -2.16. The minimum Gasteiger partial charge on any atom is -0.508 e. The number of phenolic OH excluding ortho intramolecular Hbond substituents is 1. The lowest BCUT2D eigenvalue weighted by Gasteiger charge is -2.25. The second-order valence-electron chi connectivity index (χ2n) is 7.10. The number of ether oxygens (including phenoxy) is 1. The molecule has 2 aromatic carbocycles. The van der Waals surface area contributed by atoms with Crippen LogP contribution in [0.5, 0.6) is 11.5 Å². The minimum atomic E-state index is -0.176. The maximum absolute atomic E-state index is 12.5. The summed E-state index contributed by atoms with van der Waals surface area (Å²) in [6, 6.07) is 10.9. The van der Waals surface area contributed by atoms with Gasteiger partial charge in [-0.15, -0.1) is 0 Å². The van der Waals surface area contributed by atoms with Crippen molar-refractivity contribution in [3.63, 3.8) is 0 Å². The van der Waals surface area contributed by atoms with E-state index in [9.17, 15) is 9.90 Å². The topological polar surface area (TPSA) is 58.6 Å². The summed E-state index contributed by atoms with van der Waals surface area (Å²) in [5.74, 6) is 0.709. The van der Waals surface area contributed by atoms with Gasteiger partial charge in [0.2, 0.25) is 0 Å². The molecule has 0 aromatic heterocycles. The molecule has 27 heavy (non-hydrogen) atoms. The predicted octanol–water partition coefficient (Wildman–Crippen LogP) is 5.42. The summed E-state index contributed by atoms with van der Waals surface area (Å²) in [4.78, 5) is 12.5. The highest BCUT2D eigenvalue weighted by atomic mass is 16.5. The van der Waals surface area contributed by atoms with Crippen molar-refractivity contribution in [1.82, 2.24) is 0 Å². The Balaban J connectivity index is 2.38. The van der Waals surface area contributed by atoms with E-state index in [1.807, 2.05) is 32.2 Å². The fourth-order valence-electron chi connectivity index (χ4n) is 2.79. The fraction of sp³-hybridized carbons (Fsp3) is 0.348. The molecule has 0 aliphatic heterocycles. The van der Waals surface area contributed by atoms with Crippen LogP contribution in [-0.2, 0) is 5.41 Å². The third kappa shape index (κ3) is 4.91. The van der Waals surface area contributed by atoms with Crippen LogP contribution in [0.15, 0.2) is 42.5 Å². The van der Waals surface area contributed by atoms with Gasteiger partial charge in [-0.3, -0.25) is 4.79 Å². The van der Waals surface area contributed by atoms with Crippen LogP contribution in [0.1, 0.15) is 55.6 Å². The number of ketones is 1. The van der Waals surface area contributed by atoms with E-state index in [1.165, 1.54) is 0 Å².